The highest BCUT2D eigenvalue weighted by molar-refractivity contribution is 7.87. The van der Waals surface area contributed by atoms with Gasteiger partial charge in [-0.15, -0.1) is 0 Å². The van der Waals surface area contributed by atoms with Crippen molar-refractivity contribution < 1.29 is 17.4 Å². The van der Waals surface area contributed by atoms with Crippen molar-refractivity contribution in [1.29, 1.82) is 0 Å². The second-order valence-electron chi connectivity index (χ2n) is 9.03. The summed E-state index contributed by atoms with van der Waals surface area (Å²) in [7, 11) is -4.00. The molecule has 1 aromatic heterocycles. The summed E-state index contributed by atoms with van der Waals surface area (Å²) in [6.45, 7) is 0. The van der Waals surface area contributed by atoms with Crippen LogP contribution in [-0.2, 0) is 10.1 Å². The molecule has 0 saturated heterocycles. The minimum atomic E-state index is -4.00. The molecule has 3 aromatic rings. The molecule has 34 heavy (non-hydrogen) atoms. The minimum absolute atomic E-state index is 0.0811. The van der Waals surface area contributed by atoms with Gasteiger partial charge in [-0.3, -0.25) is 5.32 Å². The summed E-state index contributed by atoms with van der Waals surface area (Å²) in [4.78, 5) is 19.6. The van der Waals surface area contributed by atoms with Gasteiger partial charge in [0.15, 0.2) is 0 Å². The first-order chi connectivity index (χ1) is 16.4. The van der Waals surface area contributed by atoms with Crippen molar-refractivity contribution in [3.63, 3.8) is 0 Å². The normalized spacial score (nSPS) is 17.2. The van der Waals surface area contributed by atoms with Crippen LogP contribution in [0, 0.1) is 0 Å². The molecule has 2 saturated carbocycles. The van der Waals surface area contributed by atoms with E-state index in [0.717, 1.165) is 44.2 Å². The lowest BCUT2D eigenvalue weighted by atomic mass is 10.2. The van der Waals surface area contributed by atoms with Crippen LogP contribution in [-0.4, -0.2) is 36.5 Å². The van der Waals surface area contributed by atoms with Crippen LogP contribution < -0.4 is 20.1 Å². The number of rotatable bonds is 7. The van der Waals surface area contributed by atoms with Gasteiger partial charge >= 0.3 is 16.1 Å². The first kappa shape index (κ1) is 22.5. The van der Waals surface area contributed by atoms with Crippen molar-refractivity contribution in [3.8, 4) is 5.75 Å². The van der Waals surface area contributed by atoms with E-state index in [1.165, 1.54) is 18.9 Å². The van der Waals surface area contributed by atoms with Crippen LogP contribution in [0.1, 0.15) is 51.4 Å². The summed E-state index contributed by atoms with van der Waals surface area (Å²) in [5.41, 5.74) is 2.05. The molecule has 10 heteroatoms. The van der Waals surface area contributed by atoms with E-state index in [1.54, 1.807) is 36.4 Å². The van der Waals surface area contributed by atoms with Gasteiger partial charge < -0.3 is 19.8 Å². The number of anilines is 2. The lowest BCUT2D eigenvalue weighted by molar-refractivity contribution is 0.248. The highest BCUT2D eigenvalue weighted by atomic mass is 32.2. The fourth-order valence-electron chi connectivity index (χ4n) is 4.69. The van der Waals surface area contributed by atoms with E-state index < -0.39 is 10.1 Å². The zero-order valence-electron chi connectivity index (χ0n) is 18.8. The van der Waals surface area contributed by atoms with Gasteiger partial charge in [-0.1, -0.05) is 25.7 Å². The van der Waals surface area contributed by atoms with Crippen molar-refractivity contribution in [3.05, 3.63) is 42.5 Å². The van der Waals surface area contributed by atoms with Crippen LogP contribution in [0.15, 0.2) is 47.4 Å². The number of urea groups is 1. The number of aromatic nitrogens is 2. The van der Waals surface area contributed by atoms with Gasteiger partial charge in [0.25, 0.3) is 0 Å². The molecular weight excluding hydrogens is 454 g/mol. The van der Waals surface area contributed by atoms with E-state index in [-0.39, 0.29) is 28.7 Å². The number of imidazole rings is 1. The van der Waals surface area contributed by atoms with Gasteiger partial charge in [-0.05, 0) is 62.1 Å². The first-order valence-corrected chi connectivity index (χ1v) is 13.2. The monoisotopic (exact) mass is 483 g/mol. The fourth-order valence-corrected chi connectivity index (χ4v) is 5.62. The molecule has 0 bridgehead atoms. The number of amides is 2. The van der Waals surface area contributed by atoms with Gasteiger partial charge in [0.1, 0.15) is 10.6 Å². The zero-order chi connectivity index (χ0) is 23.5. The average molecular weight is 484 g/mol. The summed E-state index contributed by atoms with van der Waals surface area (Å²) in [5, 5.41) is 9.08. The van der Waals surface area contributed by atoms with Crippen molar-refractivity contribution in [1.82, 2.24) is 15.3 Å². The van der Waals surface area contributed by atoms with Gasteiger partial charge in [-0.2, -0.15) is 8.42 Å². The van der Waals surface area contributed by atoms with E-state index in [2.05, 4.69) is 25.9 Å². The highest BCUT2D eigenvalue weighted by Crippen LogP contribution is 2.26. The Hall–Kier alpha value is -3.27. The van der Waals surface area contributed by atoms with Crippen molar-refractivity contribution in [2.24, 2.45) is 0 Å². The van der Waals surface area contributed by atoms with E-state index in [0.29, 0.717) is 17.1 Å². The second kappa shape index (κ2) is 9.54. The van der Waals surface area contributed by atoms with E-state index in [4.69, 9.17) is 4.18 Å². The number of hydrogen-bond donors (Lipinski definition) is 4. The lowest BCUT2D eigenvalue weighted by Gasteiger charge is -2.14. The Morgan fingerprint density at radius 3 is 2.32 bits per heavy atom. The molecular formula is C24H29N5O4S. The largest absolute Gasteiger partial charge is 0.382 e. The number of fused-ring (bicyclic) bond motifs is 1. The molecule has 9 nitrogen and oxygen atoms in total. The molecule has 0 aliphatic heterocycles. The number of carbonyl (C=O) groups is 1. The van der Waals surface area contributed by atoms with Crippen LogP contribution >= 0.6 is 0 Å². The summed E-state index contributed by atoms with van der Waals surface area (Å²) in [6.07, 6.45) is 8.96. The third-order valence-electron chi connectivity index (χ3n) is 6.45. The number of nitrogens with one attached hydrogen (secondary N) is 4. The number of benzene rings is 2. The molecule has 0 atom stereocenters. The number of aromatic amines is 1. The van der Waals surface area contributed by atoms with Crippen molar-refractivity contribution in [2.45, 2.75) is 68.3 Å². The Bertz CT molecular complexity index is 1260. The molecule has 2 aliphatic rings. The maximum atomic E-state index is 12.8. The maximum Gasteiger partial charge on any atom is 0.339 e. The van der Waals surface area contributed by atoms with E-state index >= 15 is 0 Å². The standard InChI is InChI=1S/C24H29N5O4S/c30-24(26-17-7-3-4-8-17)29-23-27-21-14-11-19(15-22(21)28-23)33-34(31,32)20-12-9-18(10-13-20)25-16-5-1-2-6-16/h9-17,25H,1-8H2,(H3,26,27,28,29,30). The number of nitrogens with zero attached hydrogens (tertiary/aromatic N) is 1. The van der Waals surface area contributed by atoms with Crippen LogP contribution in [0.25, 0.3) is 11.0 Å². The minimum Gasteiger partial charge on any atom is -0.382 e. The average Bonchev–Trinajstić information content (AvgIpc) is 3.56. The first-order valence-electron chi connectivity index (χ1n) is 11.8. The summed E-state index contributed by atoms with van der Waals surface area (Å²) in [6, 6.07) is 11.7. The molecule has 5 rings (SSSR count). The topological polar surface area (TPSA) is 125 Å². The van der Waals surface area contributed by atoms with E-state index in [1.807, 2.05) is 0 Å². The predicted octanol–water partition coefficient (Wildman–Crippen LogP) is 4.75. The Morgan fingerprint density at radius 2 is 1.62 bits per heavy atom. The summed E-state index contributed by atoms with van der Waals surface area (Å²) < 4.78 is 30.9. The molecule has 2 fully saturated rings. The summed E-state index contributed by atoms with van der Waals surface area (Å²) >= 11 is 0. The third kappa shape index (κ3) is 5.27. The number of H-pyrrole nitrogens is 1. The highest BCUT2D eigenvalue weighted by Gasteiger charge is 2.20. The maximum absolute atomic E-state index is 12.8. The zero-order valence-corrected chi connectivity index (χ0v) is 19.7. The molecule has 1 heterocycles. The van der Waals surface area contributed by atoms with Gasteiger partial charge in [0, 0.05) is 23.8 Å². The van der Waals surface area contributed by atoms with Crippen LogP contribution in [0.4, 0.5) is 16.4 Å². The fraction of sp³-hybridized carbons (Fsp3) is 0.417. The quantitative estimate of drug-likeness (QED) is 0.360. The van der Waals surface area contributed by atoms with Gasteiger partial charge in [0.05, 0.1) is 11.0 Å². The van der Waals surface area contributed by atoms with E-state index in [9.17, 15) is 13.2 Å². The smallest absolute Gasteiger partial charge is 0.339 e. The summed E-state index contributed by atoms with van der Waals surface area (Å²) in [5.74, 6) is 0.435. The molecule has 2 aliphatic carbocycles. The Balaban J connectivity index is 1.24. The number of hydrogen-bond acceptors (Lipinski definition) is 6. The van der Waals surface area contributed by atoms with Gasteiger partial charge in [0.2, 0.25) is 5.95 Å². The Morgan fingerprint density at radius 1 is 0.941 bits per heavy atom. The molecule has 2 aromatic carbocycles. The molecule has 4 N–H and O–H groups in total. The Labute approximate surface area is 198 Å². The molecule has 0 spiro atoms. The molecule has 0 radical (unpaired) electrons. The molecule has 0 unspecified atom stereocenters. The molecule has 2 amide bonds. The van der Waals surface area contributed by atoms with Crippen molar-refractivity contribution >= 4 is 38.8 Å². The number of carbonyl (C=O) groups excluding carboxylic acids is 1. The molecule has 180 valence electrons. The lowest BCUT2D eigenvalue weighted by Crippen LogP contribution is -2.36. The van der Waals surface area contributed by atoms with Crippen molar-refractivity contribution in [2.75, 3.05) is 10.6 Å². The third-order valence-corrected chi connectivity index (χ3v) is 7.71. The Kier molecular flexibility index (Phi) is 6.32. The van der Waals surface area contributed by atoms with Crippen LogP contribution in [0.3, 0.4) is 0 Å². The second-order valence-corrected chi connectivity index (χ2v) is 10.6. The SMILES string of the molecule is O=C(Nc1nc2cc(OS(=O)(=O)c3ccc(NC4CCCC4)cc3)ccc2[nH]1)NC1CCCC1. The van der Waals surface area contributed by atoms with Crippen LogP contribution in [0.5, 0.6) is 5.75 Å². The predicted molar refractivity (Wildman–Crippen MR) is 131 cm³/mol. The van der Waals surface area contributed by atoms with Gasteiger partial charge in [-0.25, -0.2) is 9.78 Å². The van der Waals surface area contributed by atoms with Crippen LogP contribution in [0.2, 0.25) is 0 Å².